The fourth-order valence-corrected chi connectivity index (χ4v) is 5.04. The van der Waals surface area contributed by atoms with E-state index in [4.69, 9.17) is 49.0 Å². The number of benzene rings is 2. The topological polar surface area (TPSA) is 97.3 Å². The molecule has 2 aliphatic heterocycles. The maximum Gasteiger partial charge on any atom is 0.323 e. The van der Waals surface area contributed by atoms with Crippen molar-refractivity contribution in [3.63, 3.8) is 0 Å². The summed E-state index contributed by atoms with van der Waals surface area (Å²) < 4.78 is 16.4. The maximum absolute atomic E-state index is 12.9. The van der Waals surface area contributed by atoms with Crippen LogP contribution in [0.3, 0.4) is 0 Å². The zero-order valence-corrected chi connectivity index (χ0v) is 25.0. The quantitative estimate of drug-likeness (QED) is 0.299. The zero-order valence-electron chi connectivity index (χ0n) is 22.7. The monoisotopic (exact) mass is 612 g/mol. The molecule has 0 aromatic heterocycles. The molecule has 0 bridgehead atoms. The van der Waals surface area contributed by atoms with Crippen molar-refractivity contribution >= 4 is 52.4 Å². The van der Waals surface area contributed by atoms with Gasteiger partial charge in [-0.1, -0.05) is 71.2 Å². The predicted molar refractivity (Wildman–Crippen MR) is 154 cm³/mol. The Kier molecular flexibility index (Phi) is 10.0. The fourth-order valence-electron chi connectivity index (χ4n) is 4.90. The van der Waals surface area contributed by atoms with Crippen LogP contribution in [0.5, 0.6) is 0 Å². The lowest BCUT2D eigenvalue weighted by Gasteiger charge is -2.38. The molecule has 0 radical (unpaired) electrons. The highest BCUT2D eigenvalue weighted by Crippen LogP contribution is 2.39. The van der Waals surface area contributed by atoms with E-state index in [2.05, 4.69) is 10.2 Å². The Hall–Kier alpha value is -1.91. The number of rotatable bonds is 7. The number of alkyl halides is 3. The highest BCUT2D eigenvalue weighted by molar-refractivity contribution is 6.76. The molecule has 2 fully saturated rings. The molecule has 2 saturated heterocycles. The van der Waals surface area contributed by atoms with Gasteiger partial charge in [0.2, 0.25) is 0 Å². The van der Waals surface area contributed by atoms with Crippen LogP contribution in [0.25, 0.3) is 0 Å². The van der Waals surface area contributed by atoms with Gasteiger partial charge >= 0.3 is 5.97 Å². The van der Waals surface area contributed by atoms with Gasteiger partial charge in [-0.15, -0.1) is 0 Å². The normalized spacial score (nSPS) is 24.1. The molecule has 11 heteroatoms. The number of aliphatic hydroxyl groups is 1. The second-order valence-electron chi connectivity index (χ2n) is 11.1. The number of carbonyl (C=O) groups excluding carboxylic acids is 2. The zero-order chi connectivity index (χ0) is 29.1. The third-order valence-electron chi connectivity index (χ3n) is 6.79. The third-order valence-corrected chi connectivity index (χ3v) is 7.31. The lowest BCUT2D eigenvalue weighted by Crippen LogP contribution is -2.45. The number of nitrogens with one attached hydrogen (secondary N) is 1. The van der Waals surface area contributed by atoms with E-state index >= 15 is 0 Å². The number of hydrogen-bond donors (Lipinski definition) is 2. The second-order valence-corrected chi connectivity index (χ2v) is 13.4. The molecule has 4 atom stereocenters. The number of nitrogens with zero attached hydrogens (tertiary/aromatic N) is 1. The number of esters is 1. The smallest absolute Gasteiger partial charge is 0.323 e. The van der Waals surface area contributed by atoms with E-state index in [1.807, 2.05) is 45.0 Å². The molecule has 2 aromatic carbocycles. The Bertz CT molecular complexity index is 1160. The molecule has 0 aliphatic carbocycles. The number of amides is 1. The van der Waals surface area contributed by atoms with Gasteiger partial charge in [-0.2, -0.15) is 0 Å². The van der Waals surface area contributed by atoms with Gasteiger partial charge in [0.15, 0.2) is 6.29 Å². The summed E-state index contributed by atoms with van der Waals surface area (Å²) in [6, 6.07) is 14.3. The molecular weight excluding hydrogens is 579 g/mol. The van der Waals surface area contributed by atoms with Gasteiger partial charge in [0.25, 0.3) is 9.70 Å². The van der Waals surface area contributed by atoms with Crippen molar-refractivity contribution in [3.8, 4) is 0 Å². The van der Waals surface area contributed by atoms with Crippen LogP contribution < -0.4 is 5.32 Å². The SMILES string of the molecule is CC(C)(C)OC(=O)[C@@H]1CCCN1C[C@@H]1C[C@H](c2ccc(CO)cc2)O[C@H](c2ccc(NC(=O)C(Cl)(Cl)Cl)cc2)O1. The lowest BCUT2D eigenvalue weighted by atomic mass is 9.99. The molecule has 2 N–H and O–H groups in total. The number of aliphatic hydroxyl groups excluding tert-OH is 1. The Labute approximate surface area is 249 Å². The van der Waals surface area contributed by atoms with Crippen LogP contribution in [-0.4, -0.2) is 56.5 Å². The van der Waals surface area contributed by atoms with Crippen LogP contribution in [0.4, 0.5) is 5.69 Å². The molecule has 0 spiro atoms. The minimum absolute atomic E-state index is 0.0393. The van der Waals surface area contributed by atoms with Crippen molar-refractivity contribution in [1.82, 2.24) is 4.90 Å². The number of halogens is 3. The van der Waals surface area contributed by atoms with Crippen molar-refractivity contribution in [3.05, 3.63) is 65.2 Å². The van der Waals surface area contributed by atoms with Gasteiger partial charge in [-0.25, -0.2) is 0 Å². The Balaban J connectivity index is 1.52. The van der Waals surface area contributed by atoms with Gasteiger partial charge in [0.05, 0.1) is 18.8 Å². The molecule has 2 aromatic rings. The first-order valence-corrected chi connectivity index (χ1v) is 14.4. The van der Waals surface area contributed by atoms with Gasteiger partial charge in [-0.05, 0) is 63.4 Å². The lowest BCUT2D eigenvalue weighted by molar-refractivity contribution is -0.253. The number of hydrogen-bond acceptors (Lipinski definition) is 7. The molecular formula is C29H35Cl3N2O6. The summed E-state index contributed by atoms with van der Waals surface area (Å²) >= 11 is 17.0. The highest BCUT2D eigenvalue weighted by atomic mass is 35.6. The number of likely N-dealkylation sites (tertiary alicyclic amines) is 1. The van der Waals surface area contributed by atoms with Crippen molar-refractivity contribution < 1.29 is 28.9 Å². The molecule has 1 amide bonds. The first kappa shape index (κ1) is 31.0. The van der Waals surface area contributed by atoms with Gasteiger partial charge < -0.3 is 24.6 Å². The summed E-state index contributed by atoms with van der Waals surface area (Å²) in [5.41, 5.74) is 2.43. The minimum Gasteiger partial charge on any atom is -0.459 e. The summed E-state index contributed by atoms with van der Waals surface area (Å²) in [6.07, 6.45) is 1.04. The minimum atomic E-state index is -2.08. The molecule has 218 valence electrons. The van der Waals surface area contributed by atoms with E-state index < -0.39 is 21.6 Å². The van der Waals surface area contributed by atoms with Crippen LogP contribution in [0.2, 0.25) is 0 Å². The van der Waals surface area contributed by atoms with Crippen LogP contribution >= 0.6 is 34.8 Å². The first-order valence-electron chi connectivity index (χ1n) is 13.3. The molecule has 4 rings (SSSR count). The molecule has 0 unspecified atom stereocenters. The molecule has 0 saturated carbocycles. The second kappa shape index (κ2) is 12.9. The van der Waals surface area contributed by atoms with E-state index in [-0.39, 0.29) is 30.8 Å². The summed E-state index contributed by atoms with van der Waals surface area (Å²) in [5.74, 6) is -0.968. The molecule has 2 heterocycles. The van der Waals surface area contributed by atoms with Crippen LogP contribution in [-0.2, 0) is 30.4 Å². The van der Waals surface area contributed by atoms with E-state index in [1.165, 1.54) is 0 Å². The number of ether oxygens (including phenoxy) is 3. The number of anilines is 1. The summed E-state index contributed by atoms with van der Waals surface area (Å²) in [7, 11) is 0. The van der Waals surface area contributed by atoms with E-state index in [9.17, 15) is 14.7 Å². The van der Waals surface area contributed by atoms with E-state index in [1.54, 1.807) is 24.3 Å². The van der Waals surface area contributed by atoms with Crippen LogP contribution in [0.1, 0.15) is 69.1 Å². The Morgan fingerprint density at radius 2 is 1.68 bits per heavy atom. The predicted octanol–water partition coefficient (Wildman–Crippen LogP) is 5.84. The van der Waals surface area contributed by atoms with Crippen molar-refractivity contribution in [2.45, 2.75) is 80.6 Å². The molecule has 2 aliphatic rings. The summed E-state index contributed by atoms with van der Waals surface area (Å²) in [4.78, 5) is 27.1. The Morgan fingerprint density at radius 3 is 2.27 bits per heavy atom. The highest BCUT2D eigenvalue weighted by Gasteiger charge is 2.39. The standard InChI is InChI=1S/C29H35Cl3N2O6/c1-28(2,3)40-25(36)23-5-4-14-34(23)16-22-15-24(19-8-6-18(17-35)7-9-19)39-26(38-22)20-10-12-21(13-11-20)33-27(37)29(30,31)32/h6-13,22-24,26,35H,4-5,14-17H2,1-3H3,(H,33,37)/t22-,23-,24+,26+/m0/s1. The van der Waals surface area contributed by atoms with E-state index in [0.29, 0.717) is 18.7 Å². The van der Waals surface area contributed by atoms with Gasteiger partial charge in [0, 0.05) is 24.2 Å². The largest absolute Gasteiger partial charge is 0.459 e. The van der Waals surface area contributed by atoms with Gasteiger partial charge in [-0.3, -0.25) is 14.5 Å². The van der Waals surface area contributed by atoms with E-state index in [0.717, 1.165) is 36.1 Å². The van der Waals surface area contributed by atoms with Crippen LogP contribution in [0.15, 0.2) is 48.5 Å². The van der Waals surface area contributed by atoms with Crippen molar-refractivity contribution in [1.29, 1.82) is 0 Å². The Morgan fingerprint density at radius 1 is 1.02 bits per heavy atom. The summed E-state index contributed by atoms with van der Waals surface area (Å²) in [6.45, 7) is 6.91. The maximum atomic E-state index is 12.9. The average Bonchev–Trinajstić information content (AvgIpc) is 3.36. The first-order chi connectivity index (χ1) is 18.8. The third kappa shape index (κ3) is 8.32. The van der Waals surface area contributed by atoms with Crippen molar-refractivity contribution in [2.75, 3.05) is 18.4 Å². The fraction of sp³-hybridized carbons (Fsp3) is 0.517. The molecule has 40 heavy (non-hydrogen) atoms. The number of carbonyl (C=O) groups is 2. The van der Waals surface area contributed by atoms with Crippen LogP contribution in [0, 0.1) is 0 Å². The van der Waals surface area contributed by atoms with Crippen molar-refractivity contribution in [2.24, 2.45) is 0 Å². The average molecular weight is 614 g/mol. The van der Waals surface area contributed by atoms with Gasteiger partial charge in [0.1, 0.15) is 11.6 Å². The summed E-state index contributed by atoms with van der Waals surface area (Å²) in [5, 5.41) is 12.0. The molecule has 8 nitrogen and oxygen atoms in total.